The second kappa shape index (κ2) is 10.6. The minimum atomic E-state index is -1.17. The van der Waals surface area contributed by atoms with Crippen LogP contribution < -0.4 is 14.8 Å². The van der Waals surface area contributed by atoms with Gasteiger partial charge in [0.1, 0.15) is 17.5 Å². The van der Waals surface area contributed by atoms with E-state index in [-0.39, 0.29) is 23.7 Å². The van der Waals surface area contributed by atoms with Gasteiger partial charge in [-0.15, -0.1) is 0 Å². The highest BCUT2D eigenvalue weighted by Crippen LogP contribution is 2.61. The maximum absolute atomic E-state index is 14.1. The van der Waals surface area contributed by atoms with Gasteiger partial charge in [0.25, 0.3) is 5.91 Å². The first-order valence-electron chi connectivity index (χ1n) is 14.0. The Bertz CT molecular complexity index is 1480. The van der Waals surface area contributed by atoms with Crippen LogP contribution in [0, 0.1) is 17.8 Å². The highest BCUT2D eigenvalue weighted by atomic mass is 16.5. The standard InChI is InChI=1S/C33H32N2O7/c1-17(2)30(33(39)42-16-25(36)34-23-15-18(40-3)13-14-24(23)41-4)35-31(37)28-26-19-9-5-6-10-20(19)27(29(28)32(35)38)22-12-8-7-11-21(22)26/h5-15,17,26-30H,16H2,1-4H3,(H,34,36)/t26?,27?,28-,29-,30-/m0/s1. The lowest BCUT2D eigenvalue weighted by molar-refractivity contribution is -0.162. The third-order valence-electron chi connectivity index (χ3n) is 8.66. The molecular formula is C33H32N2O7. The van der Waals surface area contributed by atoms with Gasteiger partial charge in [0.15, 0.2) is 6.61 Å². The molecular weight excluding hydrogens is 536 g/mol. The molecule has 7 rings (SSSR count). The fourth-order valence-electron chi connectivity index (χ4n) is 6.97. The summed E-state index contributed by atoms with van der Waals surface area (Å²) in [5.74, 6) is -3.44. The number of hydrogen-bond acceptors (Lipinski definition) is 7. The Morgan fingerprint density at radius 3 is 1.79 bits per heavy atom. The van der Waals surface area contributed by atoms with Crippen molar-refractivity contribution in [1.82, 2.24) is 4.90 Å². The molecule has 0 spiro atoms. The summed E-state index contributed by atoms with van der Waals surface area (Å²) in [5, 5.41) is 2.66. The van der Waals surface area contributed by atoms with Gasteiger partial charge in [0.05, 0.1) is 31.7 Å². The SMILES string of the molecule is COc1ccc(OC)c(NC(=O)COC(=O)[C@H](C(C)C)N2C(=O)[C@H]3C4c5ccccc5C(c5ccccc54)[C@@H]3C2=O)c1. The average molecular weight is 569 g/mol. The molecule has 2 bridgehead atoms. The van der Waals surface area contributed by atoms with Crippen molar-refractivity contribution < 1.29 is 33.4 Å². The fraction of sp³-hybridized carbons (Fsp3) is 0.333. The summed E-state index contributed by atoms with van der Waals surface area (Å²) in [6.07, 6.45) is 0. The van der Waals surface area contributed by atoms with Crippen LogP contribution in [0.1, 0.15) is 47.9 Å². The number of carbonyl (C=O) groups is 4. The van der Waals surface area contributed by atoms with Crippen LogP contribution in [0.15, 0.2) is 66.7 Å². The van der Waals surface area contributed by atoms with Gasteiger partial charge in [0, 0.05) is 17.9 Å². The fourth-order valence-corrected chi connectivity index (χ4v) is 6.97. The van der Waals surface area contributed by atoms with Crippen LogP contribution in [-0.2, 0) is 23.9 Å². The lowest BCUT2D eigenvalue weighted by atomic mass is 9.55. The molecule has 9 heteroatoms. The molecule has 1 N–H and O–H groups in total. The summed E-state index contributed by atoms with van der Waals surface area (Å²) in [6.45, 7) is 2.91. The molecule has 3 atom stereocenters. The Labute approximate surface area is 243 Å². The Balaban J connectivity index is 1.24. The number of ether oxygens (including phenoxy) is 3. The van der Waals surface area contributed by atoms with E-state index < -0.39 is 42.3 Å². The second-order valence-corrected chi connectivity index (χ2v) is 11.2. The highest BCUT2D eigenvalue weighted by molar-refractivity contribution is 6.10. The number of nitrogens with zero attached hydrogens (tertiary/aromatic N) is 1. The van der Waals surface area contributed by atoms with Crippen molar-refractivity contribution in [2.75, 3.05) is 26.1 Å². The Morgan fingerprint density at radius 2 is 1.33 bits per heavy atom. The zero-order valence-electron chi connectivity index (χ0n) is 23.8. The number of anilines is 1. The lowest BCUT2D eigenvalue weighted by Gasteiger charge is -2.45. The van der Waals surface area contributed by atoms with Gasteiger partial charge in [-0.05, 0) is 40.3 Å². The van der Waals surface area contributed by atoms with Crippen molar-refractivity contribution in [3.63, 3.8) is 0 Å². The van der Waals surface area contributed by atoms with E-state index in [2.05, 4.69) is 5.32 Å². The molecule has 9 nitrogen and oxygen atoms in total. The first-order chi connectivity index (χ1) is 20.3. The summed E-state index contributed by atoms with van der Waals surface area (Å²) in [5.41, 5.74) is 4.57. The second-order valence-electron chi connectivity index (χ2n) is 11.2. The topological polar surface area (TPSA) is 111 Å². The van der Waals surface area contributed by atoms with E-state index in [1.165, 1.54) is 14.2 Å². The van der Waals surface area contributed by atoms with Gasteiger partial charge in [-0.3, -0.25) is 19.3 Å². The highest BCUT2D eigenvalue weighted by Gasteiger charge is 2.63. The van der Waals surface area contributed by atoms with Gasteiger partial charge >= 0.3 is 5.97 Å². The number of amides is 3. The molecule has 4 aliphatic rings. The number of imide groups is 1. The van der Waals surface area contributed by atoms with Crippen molar-refractivity contribution in [3.05, 3.63) is 89.0 Å². The maximum atomic E-state index is 14.1. The quantitative estimate of drug-likeness (QED) is 0.322. The Kier molecular flexibility index (Phi) is 6.96. The van der Waals surface area contributed by atoms with E-state index >= 15 is 0 Å². The number of nitrogens with one attached hydrogen (secondary N) is 1. The summed E-state index contributed by atoms with van der Waals surface area (Å²) in [7, 11) is 2.97. The Morgan fingerprint density at radius 1 is 0.810 bits per heavy atom. The molecule has 0 radical (unpaired) electrons. The third kappa shape index (κ3) is 4.22. The van der Waals surface area contributed by atoms with E-state index in [0.29, 0.717) is 17.2 Å². The normalized spacial score (nSPS) is 22.3. The zero-order chi connectivity index (χ0) is 29.7. The number of rotatable bonds is 8. The molecule has 0 aromatic heterocycles. The molecule has 42 heavy (non-hydrogen) atoms. The first-order valence-corrected chi connectivity index (χ1v) is 14.0. The summed E-state index contributed by atoms with van der Waals surface area (Å²) >= 11 is 0. The van der Waals surface area contributed by atoms with Crippen molar-refractivity contribution in [3.8, 4) is 11.5 Å². The number of likely N-dealkylation sites (tertiary alicyclic amines) is 1. The van der Waals surface area contributed by atoms with Crippen molar-refractivity contribution in [1.29, 1.82) is 0 Å². The number of carbonyl (C=O) groups excluding carboxylic acids is 4. The number of methoxy groups -OCH3 is 2. The molecule has 216 valence electrons. The van der Waals surface area contributed by atoms with Crippen LogP contribution in [0.3, 0.4) is 0 Å². The molecule has 1 aliphatic heterocycles. The van der Waals surface area contributed by atoms with Crippen LogP contribution >= 0.6 is 0 Å². The summed E-state index contributed by atoms with van der Waals surface area (Å²) < 4.78 is 15.9. The average Bonchev–Trinajstić information content (AvgIpc) is 3.25. The molecule has 1 fully saturated rings. The summed E-state index contributed by atoms with van der Waals surface area (Å²) in [4.78, 5) is 55.6. The largest absolute Gasteiger partial charge is 0.497 e. The van der Waals surface area contributed by atoms with Crippen LogP contribution in [0.25, 0.3) is 0 Å². The molecule has 3 aromatic rings. The van der Waals surface area contributed by atoms with E-state index in [4.69, 9.17) is 14.2 Å². The van der Waals surface area contributed by atoms with E-state index in [1.807, 2.05) is 48.5 Å². The van der Waals surface area contributed by atoms with Crippen LogP contribution in [0.2, 0.25) is 0 Å². The van der Waals surface area contributed by atoms with Gasteiger partial charge in [-0.2, -0.15) is 0 Å². The van der Waals surface area contributed by atoms with Gasteiger partial charge in [-0.25, -0.2) is 4.79 Å². The van der Waals surface area contributed by atoms with Crippen LogP contribution in [0.5, 0.6) is 11.5 Å². The molecule has 3 aliphatic carbocycles. The number of benzene rings is 3. The predicted molar refractivity (Wildman–Crippen MR) is 153 cm³/mol. The van der Waals surface area contributed by atoms with Crippen molar-refractivity contribution in [2.24, 2.45) is 17.8 Å². The van der Waals surface area contributed by atoms with Gasteiger partial charge in [0.2, 0.25) is 11.8 Å². The van der Waals surface area contributed by atoms with Crippen molar-refractivity contribution in [2.45, 2.75) is 31.7 Å². The molecule has 1 heterocycles. The maximum Gasteiger partial charge on any atom is 0.330 e. The van der Waals surface area contributed by atoms with Crippen LogP contribution in [0.4, 0.5) is 5.69 Å². The first kappa shape index (κ1) is 27.5. The third-order valence-corrected chi connectivity index (χ3v) is 8.66. The number of hydrogen-bond donors (Lipinski definition) is 1. The molecule has 1 saturated heterocycles. The minimum absolute atomic E-state index is 0.277. The number of esters is 1. The zero-order valence-corrected chi connectivity index (χ0v) is 23.8. The van der Waals surface area contributed by atoms with E-state index in [9.17, 15) is 19.2 Å². The van der Waals surface area contributed by atoms with E-state index in [1.54, 1.807) is 32.0 Å². The minimum Gasteiger partial charge on any atom is -0.497 e. The van der Waals surface area contributed by atoms with Crippen LogP contribution in [-0.4, -0.2) is 55.5 Å². The van der Waals surface area contributed by atoms with Gasteiger partial charge in [-0.1, -0.05) is 62.4 Å². The lowest BCUT2D eigenvalue weighted by Crippen LogP contribution is -2.49. The predicted octanol–water partition coefficient (Wildman–Crippen LogP) is 4.10. The monoisotopic (exact) mass is 568 g/mol. The van der Waals surface area contributed by atoms with Gasteiger partial charge < -0.3 is 19.5 Å². The van der Waals surface area contributed by atoms with Crippen molar-refractivity contribution >= 4 is 29.4 Å². The van der Waals surface area contributed by atoms with E-state index in [0.717, 1.165) is 27.2 Å². The molecule has 0 unspecified atom stereocenters. The Hall–Kier alpha value is -4.66. The summed E-state index contributed by atoms with van der Waals surface area (Å²) in [6, 6.07) is 19.7. The molecule has 3 aromatic carbocycles. The molecule has 0 saturated carbocycles. The smallest absolute Gasteiger partial charge is 0.330 e. The molecule has 3 amide bonds.